The lowest BCUT2D eigenvalue weighted by molar-refractivity contribution is -0.146. The fourth-order valence-corrected chi connectivity index (χ4v) is 4.48. The van der Waals surface area contributed by atoms with Gasteiger partial charge in [-0.25, -0.2) is 0 Å². The first kappa shape index (κ1) is 29.7. The molecule has 0 saturated heterocycles. The highest BCUT2D eigenvalue weighted by Gasteiger charge is 2.56. The van der Waals surface area contributed by atoms with E-state index in [1.54, 1.807) is 72.8 Å². The second-order valence-electron chi connectivity index (χ2n) is 9.39. The van der Waals surface area contributed by atoms with Gasteiger partial charge in [0.25, 0.3) is 0 Å². The van der Waals surface area contributed by atoms with Crippen LogP contribution in [-0.4, -0.2) is 69.9 Å². The number of aldehydes is 6. The maximum Gasteiger partial charge on any atom is 0.159 e. The first-order chi connectivity index (χ1) is 19.4. The van der Waals surface area contributed by atoms with Gasteiger partial charge in [-0.05, 0) is 60.1 Å². The third-order valence-corrected chi connectivity index (χ3v) is 6.69. The Hall–Kier alpha value is -4.82. The van der Waals surface area contributed by atoms with E-state index < -0.39 is 10.8 Å². The van der Waals surface area contributed by atoms with Crippen molar-refractivity contribution in [3.8, 4) is 5.75 Å². The summed E-state index contributed by atoms with van der Waals surface area (Å²) >= 11 is 0. The molecule has 0 bridgehead atoms. The molecule has 0 saturated carbocycles. The van der Waals surface area contributed by atoms with Gasteiger partial charge in [0.05, 0.1) is 0 Å². The number of nitrogens with zero attached hydrogens (tertiary/aromatic N) is 1. The van der Waals surface area contributed by atoms with Crippen LogP contribution in [0.2, 0.25) is 0 Å². The summed E-state index contributed by atoms with van der Waals surface area (Å²) in [4.78, 5) is 77.1. The molecular formula is C32H29NO7. The second kappa shape index (κ2) is 13.3. The van der Waals surface area contributed by atoms with Gasteiger partial charge in [-0.3, -0.25) is 4.79 Å². The average molecular weight is 540 g/mol. The molecule has 0 N–H and O–H groups in total. The summed E-state index contributed by atoms with van der Waals surface area (Å²) in [6.07, 6.45) is 0.899. The lowest BCUT2D eigenvalue weighted by atomic mass is 9.59. The number of carbonyl (C=O) groups excluding carboxylic acids is 6. The predicted molar refractivity (Wildman–Crippen MR) is 150 cm³/mol. The largest absolute Gasteiger partial charge is 0.492 e. The highest BCUT2D eigenvalue weighted by molar-refractivity contribution is 6.22. The van der Waals surface area contributed by atoms with Crippen LogP contribution in [0.3, 0.4) is 0 Å². The van der Waals surface area contributed by atoms with E-state index in [1.807, 2.05) is 19.0 Å². The molecule has 0 aliphatic heterocycles. The van der Waals surface area contributed by atoms with Crippen molar-refractivity contribution in [3.05, 3.63) is 101 Å². The topological polar surface area (TPSA) is 115 Å². The van der Waals surface area contributed by atoms with E-state index in [1.165, 1.54) is 6.07 Å². The van der Waals surface area contributed by atoms with Crippen LogP contribution in [0.25, 0.3) is 11.1 Å². The van der Waals surface area contributed by atoms with Crippen LogP contribution in [0, 0.1) is 10.8 Å². The Balaban J connectivity index is 2.53. The molecule has 3 aromatic rings. The van der Waals surface area contributed by atoms with Crippen LogP contribution in [0.1, 0.15) is 27.0 Å². The number of hydrogen-bond acceptors (Lipinski definition) is 8. The average Bonchev–Trinajstić information content (AvgIpc) is 3.00. The first-order valence-corrected chi connectivity index (χ1v) is 12.4. The quantitative estimate of drug-likeness (QED) is 0.164. The third kappa shape index (κ3) is 5.62. The zero-order valence-electron chi connectivity index (χ0n) is 22.2. The molecule has 3 rings (SSSR count). The number of carbonyl (C=O) groups is 6. The minimum Gasteiger partial charge on any atom is -0.492 e. The van der Waals surface area contributed by atoms with Crippen molar-refractivity contribution in [1.82, 2.24) is 4.90 Å². The van der Waals surface area contributed by atoms with Crippen molar-refractivity contribution in [1.29, 1.82) is 0 Å². The summed E-state index contributed by atoms with van der Waals surface area (Å²) in [6, 6.07) is 21.5. The van der Waals surface area contributed by atoms with Gasteiger partial charge in [-0.15, -0.1) is 0 Å². The smallest absolute Gasteiger partial charge is 0.159 e. The molecule has 0 heterocycles. The Morgan fingerprint density at radius 1 is 0.725 bits per heavy atom. The first-order valence-electron chi connectivity index (χ1n) is 12.4. The summed E-state index contributed by atoms with van der Waals surface area (Å²) in [5.74, 6) is 0.418. The van der Waals surface area contributed by atoms with Gasteiger partial charge in [0.2, 0.25) is 0 Å². The Bertz CT molecular complexity index is 1380. The van der Waals surface area contributed by atoms with Crippen LogP contribution in [0.4, 0.5) is 0 Å². The summed E-state index contributed by atoms with van der Waals surface area (Å²) in [5, 5.41) is 0. The monoisotopic (exact) mass is 539 g/mol. The van der Waals surface area contributed by atoms with Crippen molar-refractivity contribution in [2.75, 3.05) is 27.2 Å². The van der Waals surface area contributed by atoms with Gasteiger partial charge in [-0.2, -0.15) is 0 Å². The van der Waals surface area contributed by atoms with E-state index in [9.17, 15) is 28.8 Å². The van der Waals surface area contributed by atoms with Crippen molar-refractivity contribution < 1.29 is 33.5 Å². The number of likely N-dealkylation sites (N-methyl/N-ethyl adjacent to an activating group) is 1. The number of benzene rings is 3. The van der Waals surface area contributed by atoms with Crippen LogP contribution < -0.4 is 4.74 Å². The Morgan fingerprint density at radius 3 is 1.75 bits per heavy atom. The van der Waals surface area contributed by atoms with E-state index in [-0.39, 0.29) is 48.1 Å². The summed E-state index contributed by atoms with van der Waals surface area (Å²) in [5.41, 5.74) is -3.89. The molecule has 40 heavy (non-hydrogen) atoms. The molecule has 0 aromatic heterocycles. The maximum absolute atomic E-state index is 12.9. The Labute approximate surface area is 232 Å². The molecule has 0 fully saturated rings. The van der Waals surface area contributed by atoms with Gasteiger partial charge in [0, 0.05) is 12.1 Å². The molecule has 204 valence electrons. The minimum absolute atomic E-state index is 0.00365. The van der Waals surface area contributed by atoms with Crippen molar-refractivity contribution in [2.45, 2.75) is 0 Å². The lowest BCUT2D eigenvalue weighted by Crippen LogP contribution is -2.50. The second-order valence-corrected chi connectivity index (χ2v) is 9.39. The van der Waals surface area contributed by atoms with Gasteiger partial charge in [0.1, 0.15) is 49.2 Å². The molecule has 3 aromatic carbocycles. The van der Waals surface area contributed by atoms with E-state index >= 15 is 0 Å². The SMILES string of the molecule is CN(C)CCOc1ccc(/C(=C(\c2ccccc2)C(C=O)(C=O)C(C=O)(C=O)C=O)c2ccccc2)c(C=O)c1. The molecular weight excluding hydrogens is 510 g/mol. The van der Waals surface area contributed by atoms with Gasteiger partial charge < -0.3 is 33.6 Å². The summed E-state index contributed by atoms with van der Waals surface area (Å²) in [7, 11) is 3.80. The van der Waals surface area contributed by atoms with E-state index in [0.29, 0.717) is 41.9 Å². The van der Waals surface area contributed by atoms with Crippen LogP contribution >= 0.6 is 0 Å². The minimum atomic E-state index is -2.67. The molecule has 0 atom stereocenters. The maximum atomic E-state index is 12.9. The Morgan fingerprint density at radius 2 is 1.27 bits per heavy atom. The third-order valence-electron chi connectivity index (χ3n) is 6.69. The van der Waals surface area contributed by atoms with Crippen LogP contribution in [-0.2, 0) is 24.0 Å². The van der Waals surface area contributed by atoms with E-state index in [4.69, 9.17) is 4.74 Å². The number of allylic oxidation sites excluding steroid dienone is 1. The van der Waals surface area contributed by atoms with Gasteiger partial charge in [-0.1, -0.05) is 60.7 Å². The number of rotatable bonds is 15. The fraction of sp³-hybridized carbons (Fsp3) is 0.188. The fourth-order valence-electron chi connectivity index (χ4n) is 4.48. The molecule has 0 aliphatic carbocycles. The van der Waals surface area contributed by atoms with Gasteiger partial charge >= 0.3 is 0 Å². The van der Waals surface area contributed by atoms with Crippen molar-refractivity contribution in [3.63, 3.8) is 0 Å². The lowest BCUT2D eigenvalue weighted by Gasteiger charge is -2.36. The standard InChI is InChI=1S/C32H29NO7/c1-33(2)15-16-40-27-13-14-28(26(17-27)18-34)29(24-9-5-3-6-10-24)30(25-11-7-4-8-12-25)32(22-38,23-39)31(19-35,20-36)21-37/h3-14,17-23H,15-16H2,1-2H3/b30-29+. The number of hydrogen-bond donors (Lipinski definition) is 0. The molecule has 8 heteroatoms. The molecule has 0 aliphatic rings. The summed E-state index contributed by atoms with van der Waals surface area (Å²) < 4.78 is 5.79. The molecule has 0 unspecified atom stereocenters. The van der Waals surface area contributed by atoms with Crippen LogP contribution in [0.5, 0.6) is 5.75 Å². The van der Waals surface area contributed by atoms with Crippen LogP contribution in [0.15, 0.2) is 78.9 Å². The van der Waals surface area contributed by atoms with E-state index in [0.717, 1.165) is 0 Å². The van der Waals surface area contributed by atoms with Crippen molar-refractivity contribution >= 4 is 48.9 Å². The molecule has 0 radical (unpaired) electrons. The number of ether oxygens (including phenoxy) is 1. The van der Waals surface area contributed by atoms with E-state index in [2.05, 4.69) is 0 Å². The molecule has 0 amide bonds. The highest BCUT2D eigenvalue weighted by Crippen LogP contribution is 2.49. The zero-order chi connectivity index (χ0) is 29.2. The molecule has 8 nitrogen and oxygen atoms in total. The zero-order valence-corrected chi connectivity index (χ0v) is 22.2. The van der Waals surface area contributed by atoms with Gasteiger partial charge in [0.15, 0.2) is 11.7 Å². The molecule has 0 spiro atoms. The normalized spacial score (nSPS) is 12.2. The predicted octanol–water partition coefficient (Wildman–Crippen LogP) is 3.37. The highest BCUT2D eigenvalue weighted by atomic mass is 16.5. The van der Waals surface area contributed by atoms with Crippen molar-refractivity contribution in [2.24, 2.45) is 10.8 Å². The summed E-state index contributed by atoms with van der Waals surface area (Å²) in [6.45, 7) is 0.999. The Kier molecular flexibility index (Phi) is 9.89.